The smallest absolute Gasteiger partial charge is 0.249 e. The molecule has 0 bridgehead atoms. The maximum atomic E-state index is 11.1. The van der Waals surface area contributed by atoms with E-state index in [0.717, 1.165) is 21.8 Å². The average molecular weight is 303 g/mol. The third-order valence-corrected chi connectivity index (χ3v) is 3.88. The molecule has 0 aliphatic carbocycles. The average Bonchev–Trinajstić information content (AvgIpc) is 2.88. The fraction of sp³-hybridized carbons (Fsp3) is 0.200. The molecule has 0 fully saturated rings. The van der Waals surface area contributed by atoms with Crippen LogP contribution in [-0.2, 0) is 11.3 Å². The molecular formula is C15H17N3O2S. The van der Waals surface area contributed by atoms with Crippen molar-refractivity contribution in [2.45, 2.75) is 20.4 Å². The lowest BCUT2D eigenvalue weighted by atomic mass is 10.1. The molecule has 21 heavy (non-hydrogen) atoms. The summed E-state index contributed by atoms with van der Waals surface area (Å²) in [6.45, 7) is 4.04. The summed E-state index contributed by atoms with van der Waals surface area (Å²) in [7, 11) is 0. The maximum Gasteiger partial charge on any atom is 0.249 e. The van der Waals surface area contributed by atoms with E-state index in [0.29, 0.717) is 12.1 Å². The Bertz CT molecular complexity index is 679. The van der Waals surface area contributed by atoms with Crippen LogP contribution in [0.1, 0.15) is 27.7 Å². The number of amides is 2. The monoisotopic (exact) mass is 303 g/mol. The lowest BCUT2D eigenvalue weighted by Crippen LogP contribution is -2.09. The Kier molecular flexibility index (Phi) is 4.59. The van der Waals surface area contributed by atoms with E-state index in [1.54, 1.807) is 11.4 Å². The number of rotatable bonds is 5. The molecule has 6 heteroatoms. The molecule has 0 radical (unpaired) electrons. The third-order valence-electron chi connectivity index (χ3n) is 2.94. The van der Waals surface area contributed by atoms with Gasteiger partial charge in [-0.15, -0.1) is 11.3 Å². The van der Waals surface area contributed by atoms with Crippen LogP contribution in [0.5, 0.6) is 0 Å². The van der Waals surface area contributed by atoms with Gasteiger partial charge in [0.25, 0.3) is 0 Å². The minimum absolute atomic E-state index is 0.0867. The molecule has 0 saturated heterocycles. The lowest BCUT2D eigenvalue weighted by Gasteiger charge is -2.10. The molecule has 0 aliphatic heterocycles. The third kappa shape index (κ3) is 4.06. The predicted octanol–water partition coefficient (Wildman–Crippen LogP) is 2.73. The highest BCUT2D eigenvalue weighted by Crippen LogP contribution is 2.21. The summed E-state index contributed by atoms with van der Waals surface area (Å²) in [6, 6.07) is 7.52. The molecule has 0 aliphatic rings. The van der Waals surface area contributed by atoms with Gasteiger partial charge in [-0.25, -0.2) is 0 Å². The van der Waals surface area contributed by atoms with Gasteiger partial charge in [-0.2, -0.15) is 0 Å². The number of primary amides is 1. The van der Waals surface area contributed by atoms with Crippen LogP contribution in [0.4, 0.5) is 11.4 Å². The molecule has 0 unspecified atom stereocenters. The Morgan fingerprint density at radius 1 is 1.29 bits per heavy atom. The molecule has 1 aromatic carbocycles. The molecule has 5 nitrogen and oxygen atoms in total. The number of aryl methyl sites for hydroxylation is 1. The summed E-state index contributed by atoms with van der Waals surface area (Å²) in [5.74, 6) is -0.496. The van der Waals surface area contributed by atoms with Gasteiger partial charge in [0.1, 0.15) is 0 Å². The normalized spacial score (nSPS) is 10.2. The molecule has 0 saturated carbocycles. The second kappa shape index (κ2) is 6.41. The summed E-state index contributed by atoms with van der Waals surface area (Å²) < 4.78 is 0. The molecule has 0 spiro atoms. The fourth-order valence-electron chi connectivity index (χ4n) is 1.90. The van der Waals surface area contributed by atoms with Crippen LogP contribution < -0.4 is 16.4 Å². The highest BCUT2D eigenvalue weighted by Gasteiger charge is 2.05. The van der Waals surface area contributed by atoms with E-state index in [1.165, 1.54) is 18.3 Å². The molecule has 2 aromatic rings. The van der Waals surface area contributed by atoms with Crippen molar-refractivity contribution in [1.82, 2.24) is 0 Å². The van der Waals surface area contributed by atoms with Crippen LogP contribution in [0.25, 0.3) is 0 Å². The number of carbonyl (C=O) groups excluding carboxylic acids is 2. The zero-order chi connectivity index (χ0) is 15.4. The van der Waals surface area contributed by atoms with Crippen molar-refractivity contribution in [2.24, 2.45) is 5.73 Å². The number of hydrogen-bond donors (Lipinski definition) is 3. The van der Waals surface area contributed by atoms with E-state index in [1.807, 2.05) is 25.1 Å². The van der Waals surface area contributed by atoms with E-state index in [4.69, 9.17) is 5.73 Å². The van der Waals surface area contributed by atoms with E-state index in [9.17, 15) is 9.59 Å². The molecule has 1 heterocycles. The molecule has 2 amide bonds. The van der Waals surface area contributed by atoms with Crippen LogP contribution in [0.3, 0.4) is 0 Å². The maximum absolute atomic E-state index is 11.1. The number of hydrogen-bond acceptors (Lipinski definition) is 4. The van der Waals surface area contributed by atoms with Crippen LogP contribution >= 0.6 is 11.3 Å². The van der Waals surface area contributed by atoms with Gasteiger partial charge in [0, 0.05) is 35.1 Å². The summed E-state index contributed by atoms with van der Waals surface area (Å²) in [4.78, 5) is 23.1. The van der Waals surface area contributed by atoms with Crippen LogP contribution in [0.15, 0.2) is 29.6 Å². The Morgan fingerprint density at radius 3 is 2.62 bits per heavy atom. The predicted molar refractivity (Wildman–Crippen MR) is 85.6 cm³/mol. The van der Waals surface area contributed by atoms with Gasteiger partial charge in [-0.05, 0) is 36.8 Å². The first kappa shape index (κ1) is 15.1. The van der Waals surface area contributed by atoms with Crippen LogP contribution in [-0.4, -0.2) is 11.8 Å². The van der Waals surface area contributed by atoms with Crippen molar-refractivity contribution < 1.29 is 9.59 Å². The van der Waals surface area contributed by atoms with E-state index in [2.05, 4.69) is 10.6 Å². The Hall–Kier alpha value is -2.34. The molecule has 4 N–H and O–H groups in total. The number of anilines is 2. The van der Waals surface area contributed by atoms with E-state index in [-0.39, 0.29) is 5.91 Å². The number of carbonyl (C=O) groups is 2. The Morgan fingerprint density at radius 2 is 2.05 bits per heavy atom. The molecule has 110 valence electrons. The van der Waals surface area contributed by atoms with Gasteiger partial charge >= 0.3 is 0 Å². The van der Waals surface area contributed by atoms with Crippen molar-refractivity contribution in [3.8, 4) is 0 Å². The van der Waals surface area contributed by atoms with E-state index >= 15 is 0 Å². The lowest BCUT2D eigenvalue weighted by molar-refractivity contribution is -0.114. The number of thiophene rings is 1. The Labute approximate surface area is 127 Å². The summed E-state index contributed by atoms with van der Waals surface area (Å²) in [5.41, 5.74) is 8.50. The van der Waals surface area contributed by atoms with Crippen LogP contribution in [0, 0.1) is 6.92 Å². The van der Waals surface area contributed by atoms with Crippen molar-refractivity contribution in [2.75, 3.05) is 10.6 Å². The van der Waals surface area contributed by atoms with Gasteiger partial charge in [-0.3, -0.25) is 9.59 Å². The molecule has 2 rings (SSSR count). The number of nitrogens with two attached hydrogens (primary N) is 1. The minimum Gasteiger partial charge on any atom is -0.380 e. The second-order valence-corrected chi connectivity index (χ2v) is 5.73. The van der Waals surface area contributed by atoms with Gasteiger partial charge in [0.15, 0.2) is 0 Å². The van der Waals surface area contributed by atoms with Crippen molar-refractivity contribution in [1.29, 1.82) is 0 Å². The van der Waals surface area contributed by atoms with Crippen molar-refractivity contribution >= 4 is 34.5 Å². The first-order valence-electron chi connectivity index (χ1n) is 6.45. The highest BCUT2D eigenvalue weighted by atomic mass is 32.1. The highest BCUT2D eigenvalue weighted by molar-refractivity contribution is 7.10. The fourth-order valence-corrected chi connectivity index (χ4v) is 2.71. The molecule has 1 aromatic heterocycles. The van der Waals surface area contributed by atoms with Crippen molar-refractivity contribution in [3.05, 3.63) is 45.6 Å². The SMILES string of the molecule is CC(=O)Nc1ccc(NCc2cc(C(N)=O)cs2)cc1C. The summed E-state index contributed by atoms with van der Waals surface area (Å²) >= 11 is 1.49. The molecule has 0 atom stereocenters. The first-order chi connectivity index (χ1) is 9.95. The van der Waals surface area contributed by atoms with Crippen molar-refractivity contribution in [3.63, 3.8) is 0 Å². The van der Waals surface area contributed by atoms with Gasteiger partial charge in [0.2, 0.25) is 11.8 Å². The number of benzene rings is 1. The quantitative estimate of drug-likeness (QED) is 0.794. The molecular weight excluding hydrogens is 286 g/mol. The topological polar surface area (TPSA) is 84.2 Å². The zero-order valence-electron chi connectivity index (χ0n) is 11.9. The second-order valence-electron chi connectivity index (χ2n) is 4.73. The Balaban J connectivity index is 2.01. The number of nitrogens with one attached hydrogen (secondary N) is 2. The van der Waals surface area contributed by atoms with E-state index < -0.39 is 5.91 Å². The first-order valence-corrected chi connectivity index (χ1v) is 7.33. The van der Waals surface area contributed by atoms with Gasteiger partial charge < -0.3 is 16.4 Å². The summed E-state index contributed by atoms with van der Waals surface area (Å²) in [6.07, 6.45) is 0. The standard InChI is InChI=1S/C15H17N3O2S/c1-9-5-12(3-4-14(9)18-10(2)19)17-7-13-6-11(8-21-13)15(16)20/h3-6,8,17H,7H2,1-2H3,(H2,16,20)(H,18,19). The largest absolute Gasteiger partial charge is 0.380 e. The summed E-state index contributed by atoms with van der Waals surface area (Å²) in [5, 5.41) is 7.81. The van der Waals surface area contributed by atoms with Gasteiger partial charge in [-0.1, -0.05) is 0 Å². The van der Waals surface area contributed by atoms with Gasteiger partial charge in [0.05, 0.1) is 5.56 Å². The van der Waals surface area contributed by atoms with Crippen LogP contribution in [0.2, 0.25) is 0 Å². The minimum atomic E-state index is -0.409. The zero-order valence-corrected chi connectivity index (χ0v) is 12.7.